The van der Waals surface area contributed by atoms with Crippen LogP contribution in [-0.4, -0.2) is 16.5 Å². The standard InChI is InChI=1S/C17H20N2O/c1-12(2)18-16-7-5-6-10-19(16)17(20)15-9-8-13(3)11-14(15)4/h5-12H,1-4H3. The Morgan fingerprint density at radius 1 is 1.15 bits per heavy atom. The van der Waals surface area contributed by atoms with Crippen LogP contribution in [0.15, 0.2) is 47.6 Å². The van der Waals surface area contributed by atoms with Gasteiger partial charge in [0.1, 0.15) is 5.49 Å². The van der Waals surface area contributed by atoms with Crippen molar-refractivity contribution in [3.05, 3.63) is 64.8 Å². The fourth-order valence-corrected chi connectivity index (χ4v) is 2.16. The minimum absolute atomic E-state index is 0.0394. The molecule has 0 atom stereocenters. The Morgan fingerprint density at radius 3 is 2.55 bits per heavy atom. The number of aryl methyl sites for hydroxylation is 2. The number of rotatable bonds is 2. The lowest BCUT2D eigenvalue weighted by Gasteiger charge is -2.10. The minimum Gasteiger partial charge on any atom is -0.268 e. The number of aromatic nitrogens is 1. The molecule has 0 saturated carbocycles. The molecule has 3 nitrogen and oxygen atoms in total. The van der Waals surface area contributed by atoms with E-state index in [-0.39, 0.29) is 11.9 Å². The van der Waals surface area contributed by atoms with Gasteiger partial charge in [-0.1, -0.05) is 23.8 Å². The predicted octanol–water partition coefficient (Wildman–Crippen LogP) is 3.10. The lowest BCUT2D eigenvalue weighted by atomic mass is 10.1. The molecule has 0 saturated heterocycles. The summed E-state index contributed by atoms with van der Waals surface area (Å²) in [4.78, 5) is 17.2. The van der Waals surface area contributed by atoms with Gasteiger partial charge in [-0.25, -0.2) is 0 Å². The Bertz CT molecular complexity index is 696. The summed E-state index contributed by atoms with van der Waals surface area (Å²) in [7, 11) is 0. The van der Waals surface area contributed by atoms with Gasteiger partial charge in [-0.15, -0.1) is 0 Å². The van der Waals surface area contributed by atoms with Crippen LogP contribution in [0.25, 0.3) is 0 Å². The number of carbonyl (C=O) groups excluding carboxylic acids is 1. The molecule has 0 aliphatic carbocycles. The van der Waals surface area contributed by atoms with Gasteiger partial charge in [0.25, 0.3) is 5.91 Å². The lowest BCUT2D eigenvalue weighted by Crippen LogP contribution is -2.28. The van der Waals surface area contributed by atoms with E-state index in [0.29, 0.717) is 11.1 Å². The molecule has 0 bridgehead atoms. The van der Waals surface area contributed by atoms with Crippen LogP contribution in [0.5, 0.6) is 0 Å². The van der Waals surface area contributed by atoms with E-state index in [1.807, 2.05) is 64.1 Å². The first-order valence-electron chi connectivity index (χ1n) is 6.82. The molecule has 104 valence electrons. The van der Waals surface area contributed by atoms with Crippen LogP contribution in [-0.2, 0) is 0 Å². The second kappa shape index (κ2) is 5.87. The van der Waals surface area contributed by atoms with Crippen LogP contribution in [0.2, 0.25) is 0 Å². The molecule has 0 spiro atoms. The highest BCUT2D eigenvalue weighted by atomic mass is 16.2. The zero-order chi connectivity index (χ0) is 14.7. The van der Waals surface area contributed by atoms with Crippen LogP contribution in [0.3, 0.4) is 0 Å². The van der Waals surface area contributed by atoms with Crippen molar-refractivity contribution in [3.8, 4) is 0 Å². The molecule has 0 aliphatic heterocycles. The number of pyridine rings is 1. The first kappa shape index (κ1) is 14.3. The van der Waals surface area contributed by atoms with Gasteiger partial charge in [-0.05, 0) is 51.5 Å². The fourth-order valence-electron chi connectivity index (χ4n) is 2.16. The normalized spacial score (nSPS) is 11.9. The molecule has 0 N–H and O–H groups in total. The Balaban J connectivity index is 2.54. The van der Waals surface area contributed by atoms with Crippen molar-refractivity contribution in [1.82, 2.24) is 4.57 Å². The summed E-state index contributed by atoms with van der Waals surface area (Å²) in [5.74, 6) is -0.0394. The highest BCUT2D eigenvalue weighted by molar-refractivity contribution is 5.97. The van der Waals surface area contributed by atoms with E-state index in [4.69, 9.17) is 0 Å². The van der Waals surface area contributed by atoms with Gasteiger partial charge in [0.15, 0.2) is 0 Å². The molecule has 1 heterocycles. The third-order valence-corrected chi connectivity index (χ3v) is 3.06. The molecule has 0 unspecified atom stereocenters. The number of nitrogens with zero attached hydrogens (tertiary/aromatic N) is 2. The van der Waals surface area contributed by atoms with Crippen LogP contribution < -0.4 is 5.49 Å². The zero-order valence-corrected chi connectivity index (χ0v) is 12.4. The van der Waals surface area contributed by atoms with Crippen molar-refractivity contribution < 1.29 is 4.79 Å². The summed E-state index contributed by atoms with van der Waals surface area (Å²) in [6.45, 7) is 7.98. The van der Waals surface area contributed by atoms with Gasteiger partial charge >= 0.3 is 0 Å². The van der Waals surface area contributed by atoms with Crippen LogP contribution in [0.1, 0.15) is 35.3 Å². The van der Waals surface area contributed by atoms with Crippen LogP contribution >= 0.6 is 0 Å². The summed E-state index contributed by atoms with van der Waals surface area (Å²) < 4.78 is 1.61. The average molecular weight is 268 g/mol. The highest BCUT2D eigenvalue weighted by Crippen LogP contribution is 2.11. The molecule has 2 aromatic rings. The summed E-state index contributed by atoms with van der Waals surface area (Å²) in [6, 6.07) is 11.6. The van der Waals surface area contributed by atoms with Crippen LogP contribution in [0.4, 0.5) is 0 Å². The van der Waals surface area contributed by atoms with E-state index in [0.717, 1.165) is 11.1 Å². The molecule has 0 fully saturated rings. The molecule has 3 heteroatoms. The van der Waals surface area contributed by atoms with Gasteiger partial charge in [-0.3, -0.25) is 14.4 Å². The zero-order valence-electron chi connectivity index (χ0n) is 12.4. The van der Waals surface area contributed by atoms with Gasteiger partial charge in [0.2, 0.25) is 0 Å². The van der Waals surface area contributed by atoms with Crippen molar-refractivity contribution >= 4 is 5.91 Å². The topological polar surface area (TPSA) is 34.4 Å². The third kappa shape index (κ3) is 3.05. The Hall–Kier alpha value is -2.16. The molecule has 20 heavy (non-hydrogen) atoms. The maximum atomic E-state index is 12.7. The van der Waals surface area contributed by atoms with Crippen molar-refractivity contribution in [2.24, 2.45) is 4.99 Å². The molecule has 0 aliphatic rings. The Morgan fingerprint density at radius 2 is 1.90 bits per heavy atom. The summed E-state index contributed by atoms with van der Waals surface area (Å²) in [6.07, 6.45) is 1.77. The second-order valence-corrected chi connectivity index (χ2v) is 5.28. The van der Waals surface area contributed by atoms with Gasteiger partial charge < -0.3 is 0 Å². The molecule has 1 aromatic carbocycles. The number of hydrogen-bond donors (Lipinski definition) is 0. The molecule has 2 rings (SSSR count). The van der Waals surface area contributed by atoms with E-state index >= 15 is 0 Å². The van der Waals surface area contributed by atoms with E-state index in [1.165, 1.54) is 0 Å². The molecule has 0 radical (unpaired) electrons. The first-order chi connectivity index (χ1) is 9.49. The Kier molecular flexibility index (Phi) is 4.18. The minimum atomic E-state index is -0.0394. The molecule has 1 aromatic heterocycles. The van der Waals surface area contributed by atoms with Gasteiger partial charge in [0, 0.05) is 17.8 Å². The summed E-state index contributed by atoms with van der Waals surface area (Å²) in [5, 5.41) is 0. The van der Waals surface area contributed by atoms with Crippen molar-refractivity contribution in [1.29, 1.82) is 0 Å². The number of benzene rings is 1. The molecular weight excluding hydrogens is 248 g/mol. The molecule has 0 amide bonds. The lowest BCUT2D eigenvalue weighted by molar-refractivity contribution is 0.0954. The predicted molar refractivity (Wildman–Crippen MR) is 80.8 cm³/mol. The third-order valence-electron chi connectivity index (χ3n) is 3.06. The summed E-state index contributed by atoms with van der Waals surface area (Å²) in [5.41, 5.74) is 3.55. The monoisotopic (exact) mass is 268 g/mol. The van der Waals surface area contributed by atoms with E-state index in [2.05, 4.69) is 4.99 Å². The van der Waals surface area contributed by atoms with Gasteiger partial charge in [0.05, 0.1) is 0 Å². The largest absolute Gasteiger partial charge is 0.268 e. The van der Waals surface area contributed by atoms with Crippen molar-refractivity contribution in [2.75, 3.05) is 0 Å². The van der Waals surface area contributed by atoms with E-state index in [1.54, 1.807) is 10.8 Å². The maximum absolute atomic E-state index is 12.7. The van der Waals surface area contributed by atoms with Crippen molar-refractivity contribution in [3.63, 3.8) is 0 Å². The van der Waals surface area contributed by atoms with Crippen molar-refractivity contribution in [2.45, 2.75) is 33.7 Å². The quantitative estimate of drug-likeness (QED) is 0.824. The highest BCUT2D eigenvalue weighted by Gasteiger charge is 2.11. The fraction of sp³-hybridized carbons (Fsp3) is 0.294. The average Bonchev–Trinajstić information content (AvgIpc) is 2.38. The van der Waals surface area contributed by atoms with Gasteiger partial charge in [-0.2, -0.15) is 0 Å². The maximum Gasteiger partial charge on any atom is 0.263 e. The second-order valence-electron chi connectivity index (χ2n) is 5.28. The molecular formula is C17H20N2O. The SMILES string of the molecule is Cc1ccc(C(=O)n2ccccc2=NC(C)C)c(C)c1. The van der Waals surface area contributed by atoms with E-state index in [9.17, 15) is 4.79 Å². The number of hydrogen-bond acceptors (Lipinski definition) is 2. The Labute approximate surface area is 119 Å². The number of carbonyl (C=O) groups is 1. The van der Waals surface area contributed by atoms with Crippen LogP contribution in [0, 0.1) is 13.8 Å². The summed E-state index contributed by atoms with van der Waals surface area (Å²) >= 11 is 0. The van der Waals surface area contributed by atoms with E-state index < -0.39 is 0 Å². The smallest absolute Gasteiger partial charge is 0.263 e. The first-order valence-corrected chi connectivity index (χ1v) is 6.82.